The molecule has 1 heterocycles. The molecule has 2 aromatic rings. The maximum Gasteiger partial charge on any atom is 0.247 e. The predicted molar refractivity (Wildman–Crippen MR) is 101 cm³/mol. The number of fused-ring (bicyclic) bond motifs is 1. The van der Waals surface area contributed by atoms with Gasteiger partial charge in [0.1, 0.15) is 11.8 Å². The van der Waals surface area contributed by atoms with Gasteiger partial charge in [-0.25, -0.2) is 0 Å². The van der Waals surface area contributed by atoms with E-state index in [0.29, 0.717) is 26.1 Å². The van der Waals surface area contributed by atoms with Gasteiger partial charge < -0.3 is 19.7 Å². The minimum Gasteiger partial charge on any atom is -0.497 e. The number of methoxy groups -OCH3 is 2. The summed E-state index contributed by atoms with van der Waals surface area (Å²) in [4.78, 5) is 27.2. The molecule has 1 N–H and O–H groups in total. The Kier molecular flexibility index (Phi) is 6.08. The summed E-state index contributed by atoms with van der Waals surface area (Å²) in [6.45, 7) is 1.12. The summed E-state index contributed by atoms with van der Waals surface area (Å²) in [5.41, 5.74) is 2.70. The quantitative estimate of drug-likeness (QED) is 0.813. The largest absolute Gasteiger partial charge is 0.497 e. The number of benzene rings is 2. The van der Waals surface area contributed by atoms with E-state index in [1.165, 1.54) is 0 Å². The number of ether oxygens (including phenoxy) is 2. The molecule has 27 heavy (non-hydrogen) atoms. The van der Waals surface area contributed by atoms with Crippen LogP contribution in [-0.4, -0.2) is 44.1 Å². The summed E-state index contributed by atoms with van der Waals surface area (Å²) in [5.74, 6) is 0.475. The normalized spacial score (nSPS) is 16.0. The molecule has 0 aromatic heterocycles. The van der Waals surface area contributed by atoms with Gasteiger partial charge in [-0.05, 0) is 28.8 Å². The molecule has 2 amide bonds. The average molecular weight is 368 g/mol. The molecule has 0 saturated heterocycles. The van der Waals surface area contributed by atoms with Crippen LogP contribution in [-0.2, 0) is 27.3 Å². The van der Waals surface area contributed by atoms with E-state index in [2.05, 4.69) is 5.32 Å². The van der Waals surface area contributed by atoms with Gasteiger partial charge in [0.2, 0.25) is 11.8 Å². The zero-order chi connectivity index (χ0) is 19.2. The highest BCUT2D eigenvalue weighted by Gasteiger charge is 2.36. The first kappa shape index (κ1) is 18.9. The second-order valence-corrected chi connectivity index (χ2v) is 6.43. The lowest BCUT2D eigenvalue weighted by Gasteiger charge is -2.36. The third kappa shape index (κ3) is 4.28. The molecule has 0 spiro atoms. The first-order chi connectivity index (χ1) is 13.1. The van der Waals surface area contributed by atoms with E-state index in [1.54, 1.807) is 19.1 Å². The van der Waals surface area contributed by atoms with Crippen molar-refractivity contribution in [3.8, 4) is 5.75 Å². The molecule has 1 aliphatic heterocycles. The number of rotatable bonds is 7. The summed E-state index contributed by atoms with van der Waals surface area (Å²) in [6.07, 6.45) is 0.305. The molecule has 0 unspecified atom stereocenters. The molecule has 1 atom stereocenters. The van der Waals surface area contributed by atoms with Gasteiger partial charge in [-0.3, -0.25) is 9.59 Å². The van der Waals surface area contributed by atoms with Crippen molar-refractivity contribution in [2.45, 2.75) is 19.0 Å². The highest BCUT2D eigenvalue weighted by molar-refractivity contribution is 5.92. The van der Waals surface area contributed by atoms with Crippen LogP contribution in [0.5, 0.6) is 5.75 Å². The van der Waals surface area contributed by atoms with Crippen molar-refractivity contribution < 1.29 is 19.1 Å². The van der Waals surface area contributed by atoms with E-state index in [-0.39, 0.29) is 11.8 Å². The van der Waals surface area contributed by atoms with Crippen molar-refractivity contribution in [1.29, 1.82) is 0 Å². The molecule has 6 nitrogen and oxygen atoms in total. The van der Waals surface area contributed by atoms with Crippen LogP contribution in [0.15, 0.2) is 48.5 Å². The van der Waals surface area contributed by atoms with Crippen molar-refractivity contribution in [2.75, 3.05) is 27.4 Å². The van der Waals surface area contributed by atoms with Crippen LogP contribution in [0.3, 0.4) is 0 Å². The number of nitrogens with zero attached hydrogens (tertiary/aromatic N) is 1. The van der Waals surface area contributed by atoms with Gasteiger partial charge in [0.15, 0.2) is 0 Å². The Bertz CT molecular complexity index is 821. The number of carbonyl (C=O) groups excluding carboxylic acids is 2. The highest BCUT2D eigenvalue weighted by atomic mass is 16.5. The number of hydrogen-bond donors (Lipinski definition) is 1. The van der Waals surface area contributed by atoms with Crippen molar-refractivity contribution in [3.05, 3.63) is 65.2 Å². The summed E-state index contributed by atoms with van der Waals surface area (Å²) >= 11 is 0. The summed E-state index contributed by atoms with van der Waals surface area (Å²) in [5, 5.41) is 2.96. The predicted octanol–water partition coefficient (Wildman–Crippen LogP) is 2.08. The minimum absolute atomic E-state index is 0.0627. The first-order valence-electron chi connectivity index (χ1n) is 8.91. The van der Waals surface area contributed by atoms with Gasteiger partial charge >= 0.3 is 0 Å². The Hall–Kier alpha value is -2.86. The fraction of sp³-hybridized carbons (Fsp3) is 0.333. The number of hydrogen-bond acceptors (Lipinski definition) is 4. The Morgan fingerprint density at radius 3 is 2.78 bits per heavy atom. The molecule has 1 aliphatic rings. The zero-order valence-electron chi connectivity index (χ0n) is 15.6. The van der Waals surface area contributed by atoms with E-state index in [9.17, 15) is 9.59 Å². The monoisotopic (exact) mass is 368 g/mol. The van der Waals surface area contributed by atoms with Gasteiger partial charge in [0.25, 0.3) is 0 Å². The zero-order valence-corrected chi connectivity index (χ0v) is 15.6. The lowest BCUT2D eigenvalue weighted by atomic mass is 9.91. The van der Waals surface area contributed by atoms with Crippen molar-refractivity contribution in [1.82, 2.24) is 10.2 Å². The lowest BCUT2D eigenvalue weighted by Crippen LogP contribution is -2.48. The molecule has 3 rings (SSSR count). The maximum atomic E-state index is 13.0. The maximum absolute atomic E-state index is 13.0. The van der Waals surface area contributed by atoms with E-state index in [0.717, 1.165) is 22.4 Å². The molecule has 0 saturated carbocycles. The molecule has 6 heteroatoms. The molecular weight excluding hydrogens is 344 g/mol. The van der Waals surface area contributed by atoms with Crippen LogP contribution >= 0.6 is 0 Å². The van der Waals surface area contributed by atoms with Gasteiger partial charge in [-0.1, -0.05) is 36.4 Å². The lowest BCUT2D eigenvalue weighted by molar-refractivity contribution is -0.142. The first-order valence-corrected chi connectivity index (χ1v) is 8.91. The fourth-order valence-electron chi connectivity index (χ4n) is 3.33. The molecule has 0 fully saturated rings. The van der Waals surface area contributed by atoms with Gasteiger partial charge in [-0.2, -0.15) is 0 Å². The molecule has 2 aromatic carbocycles. The second kappa shape index (κ2) is 8.68. The van der Waals surface area contributed by atoms with Crippen molar-refractivity contribution in [3.63, 3.8) is 0 Å². The van der Waals surface area contributed by atoms with E-state index in [4.69, 9.17) is 9.47 Å². The van der Waals surface area contributed by atoms with Gasteiger partial charge in [0, 0.05) is 20.2 Å². The third-order valence-electron chi connectivity index (χ3n) is 4.71. The standard InChI is InChI=1S/C21H24N2O4/c1-26-11-10-23-19(24)13-16-7-3-4-9-18(16)20(23)21(25)22-14-15-6-5-8-17(12-15)27-2/h3-9,12,20H,10-11,13-14H2,1-2H3,(H,22,25)/t20-/m1/s1. The topological polar surface area (TPSA) is 67.9 Å². The Labute approximate surface area is 159 Å². The third-order valence-corrected chi connectivity index (χ3v) is 4.71. The van der Waals surface area contributed by atoms with E-state index in [1.807, 2.05) is 48.5 Å². The number of carbonyl (C=O) groups is 2. The van der Waals surface area contributed by atoms with Gasteiger partial charge in [0.05, 0.1) is 20.1 Å². The Morgan fingerprint density at radius 2 is 2.00 bits per heavy atom. The van der Waals surface area contributed by atoms with E-state index < -0.39 is 6.04 Å². The highest BCUT2D eigenvalue weighted by Crippen LogP contribution is 2.30. The minimum atomic E-state index is -0.650. The van der Waals surface area contributed by atoms with Gasteiger partial charge in [-0.15, -0.1) is 0 Å². The average Bonchev–Trinajstić information content (AvgIpc) is 2.70. The SMILES string of the molecule is COCCN1C(=O)Cc2ccccc2[C@@H]1C(=O)NCc1cccc(OC)c1. The number of nitrogens with one attached hydrogen (secondary N) is 1. The molecular formula is C21H24N2O4. The molecule has 0 bridgehead atoms. The number of amides is 2. The van der Waals surface area contributed by atoms with Crippen molar-refractivity contribution >= 4 is 11.8 Å². The van der Waals surface area contributed by atoms with Crippen LogP contribution in [0.1, 0.15) is 22.7 Å². The van der Waals surface area contributed by atoms with Crippen LogP contribution in [0, 0.1) is 0 Å². The Morgan fingerprint density at radius 1 is 1.19 bits per heavy atom. The van der Waals surface area contributed by atoms with Crippen LogP contribution < -0.4 is 10.1 Å². The van der Waals surface area contributed by atoms with Crippen LogP contribution in [0.25, 0.3) is 0 Å². The van der Waals surface area contributed by atoms with E-state index >= 15 is 0 Å². The molecule has 0 radical (unpaired) electrons. The summed E-state index contributed by atoms with van der Waals surface area (Å²) in [7, 11) is 3.19. The van der Waals surface area contributed by atoms with Crippen LogP contribution in [0.4, 0.5) is 0 Å². The fourth-order valence-corrected chi connectivity index (χ4v) is 3.33. The molecule has 142 valence electrons. The smallest absolute Gasteiger partial charge is 0.247 e. The summed E-state index contributed by atoms with van der Waals surface area (Å²) in [6, 6.07) is 14.5. The van der Waals surface area contributed by atoms with Crippen molar-refractivity contribution in [2.24, 2.45) is 0 Å². The second-order valence-electron chi connectivity index (χ2n) is 6.43. The Balaban J connectivity index is 1.81. The molecule has 0 aliphatic carbocycles. The summed E-state index contributed by atoms with van der Waals surface area (Å²) < 4.78 is 10.3. The van der Waals surface area contributed by atoms with Crippen LogP contribution in [0.2, 0.25) is 0 Å².